The van der Waals surface area contributed by atoms with Crippen LogP contribution >= 0.6 is 24.0 Å². The topological polar surface area (TPSA) is 15.8 Å². The van der Waals surface area contributed by atoms with Gasteiger partial charge in [-0.1, -0.05) is 12.1 Å². The van der Waals surface area contributed by atoms with Crippen molar-refractivity contribution in [1.29, 1.82) is 0 Å². The fraction of sp³-hybridized carbons (Fsp3) is 0.273. The average molecular weight is 287 g/mol. The highest BCUT2D eigenvalue weighted by atomic mass is 127. The highest BCUT2D eigenvalue weighted by molar-refractivity contribution is 14.0. The lowest BCUT2D eigenvalue weighted by molar-refractivity contribution is 1.25. The van der Waals surface area contributed by atoms with E-state index in [2.05, 4.69) is 44.0 Å². The number of H-pyrrole nitrogens is 1. The van der Waals surface area contributed by atoms with Gasteiger partial charge in [-0.3, -0.25) is 0 Å². The van der Waals surface area contributed by atoms with E-state index in [9.17, 15) is 0 Å². The summed E-state index contributed by atoms with van der Waals surface area (Å²) in [6.07, 6.45) is 0. The van der Waals surface area contributed by atoms with Gasteiger partial charge in [-0.25, -0.2) is 0 Å². The molecule has 1 aromatic heterocycles. The lowest BCUT2D eigenvalue weighted by atomic mass is 10.1. The molecule has 1 N–H and O–H groups in total. The maximum Gasteiger partial charge on any atom is 0.0461 e. The molecule has 0 saturated heterocycles. The van der Waals surface area contributed by atoms with Crippen LogP contribution in [0.2, 0.25) is 0 Å². The van der Waals surface area contributed by atoms with Gasteiger partial charge in [0.1, 0.15) is 0 Å². The molecule has 0 spiro atoms. The molecule has 0 atom stereocenters. The van der Waals surface area contributed by atoms with Crippen molar-refractivity contribution in [2.24, 2.45) is 0 Å². The first kappa shape index (κ1) is 10.6. The van der Waals surface area contributed by atoms with Crippen molar-refractivity contribution in [1.82, 2.24) is 4.98 Å². The molecule has 1 aromatic carbocycles. The lowest BCUT2D eigenvalue weighted by Crippen LogP contribution is -1.75. The third-order valence-corrected chi connectivity index (χ3v) is 2.53. The maximum atomic E-state index is 3.37. The molecule has 0 aliphatic carbocycles. The number of aromatic nitrogens is 1. The Morgan fingerprint density at radius 2 is 1.77 bits per heavy atom. The molecule has 0 amide bonds. The second kappa shape index (κ2) is 3.70. The zero-order valence-corrected chi connectivity index (χ0v) is 10.5. The van der Waals surface area contributed by atoms with Crippen LogP contribution in [0.15, 0.2) is 18.2 Å². The van der Waals surface area contributed by atoms with Crippen LogP contribution in [-0.4, -0.2) is 4.98 Å². The summed E-state index contributed by atoms with van der Waals surface area (Å²) < 4.78 is 0. The number of nitrogens with one attached hydrogen (secondary N) is 1. The molecule has 2 heteroatoms. The van der Waals surface area contributed by atoms with Crippen molar-refractivity contribution in [2.75, 3.05) is 0 Å². The van der Waals surface area contributed by atoms with Gasteiger partial charge in [-0.05, 0) is 38.0 Å². The summed E-state index contributed by atoms with van der Waals surface area (Å²) in [5.74, 6) is 0. The fourth-order valence-corrected chi connectivity index (χ4v) is 1.75. The van der Waals surface area contributed by atoms with Crippen LogP contribution in [0.1, 0.15) is 16.8 Å². The zero-order chi connectivity index (χ0) is 8.72. The van der Waals surface area contributed by atoms with Crippen LogP contribution in [0.5, 0.6) is 0 Å². The molecule has 0 radical (unpaired) electrons. The SMILES string of the molecule is Cc1[nH]c2cccc(C)c2c1C.I. The largest absolute Gasteiger partial charge is 0.358 e. The van der Waals surface area contributed by atoms with E-state index >= 15 is 0 Å². The summed E-state index contributed by atoms with van der Waals surface area (Å²) in [5.41, 5.74) is 5.27. The van der Waals surface area contributed by atoms with Crippen molar-refractivity contribution < 1.29 is 0 Å². The molecule has 2 rings (SSSR count). The molecule has 0 saturated carbocycles. The van der Waals surface area contributed by atoms with Crippen molar-refractivity contribution in [3.05, 3.63) is 35.0 Å². The van der Waals surface area contributed by atoms with Crippen molar-refractivity contribution in [2.45, 2.75) is 20.8 Å². The summed E-state index contributed by atoms with van der Waals surface area (Å²) in [6.45, 7) is 6.44. The fourth-order valence-electron chi connectivity index (χ4n) is 1.75. The van der Waals surface area contributed by atoms with Gasteiger partial charge in [0.05, 0.1) is 0 Å². The monoisotopic (exact) mass is 287 g/mol. The minimum atomic E-state index is 0. The summed E-state index contributed by atoms with van der Waals surface area (Å²) in [7, 11) is 0. The minimum Gasteiger partial charge on any atom is -0.358 e. The number of fused-ring (bicyclic) bond motifs is 1. The van der Waals surface area contributed by atoms with Crippen LogP contribution in [0.3, 0.4) is 0 Å². The maximum absolute atomic E-state index is 3.37. The number of hydrogen-bond donors (Lipinski definition) is 1. The van der Waals surface area contributed by atoms with E-state index in [1.807, 2.05) is 0 Å². The van der Waals surface area contributed by atoms with E-state index < -0.39 is 0 Å². The van der Waals surface area contributed by atoms with E-state index in [1.165, 1.54) is 27.7 Å². The van der Waals surface area contributed by atoms with Gasteiger partial charge >= 0.3 is 0 Å². The highest BCUT2D eigenvalue weighted by Crippen LogP contribution is 2.23. The van der Waals surface area contributed by atoms with Crippen LogP contribution < -0.4 is 0 Å². The smallest absolute Gasteiger partial charge is 0.0461 e. The molecular weight excluding hydrogens is 273 g/mol. The Morgan fingerprint density at radius 1 is 1.08 bits per heavy atom. The lowest BCUT2D eigenvalue weighted by Gasteiger charge is -1.95. The van der Waals surface area contributed by atoms with Crippen LogP contribution in [-0.2, 0) is 0 Å². The summed E-state index contributed by atoms with van der Waals surface area (Å²) in [6, 6.07) is 6.37. The summed E-state index contributed by atoms with van der Waals surface area (Å²) in [4.78, 5) is 3.37. The molecule has 0 aliphatic heterocycles. The highest BCUT2D eigenvalue weighted by Gasteiger charge is 2.04. The molecule has 0 fully saturated rings. The van der Waals surface area contributed by atoms with Gasteiger partial charge < -0.3 is 4.98 Å². The molecule has 70 valence electrons. The number of aromatic amines is 1. The quantitative estimate of drug-likeness (QED) is 0.711. The Morgan fingerprint density at radius 3 is 2.38 bits per heavy atom. The zero-order valence-electron chi connectivity index (χ0n) is 8.14. The third kappa shape index (κ3) is 1.59. The molecular formula is C11H14IN. The number of benzene rings is 1. The number of aryl methyl sites for hydroxylation is 3. The van der Waals surface area contributed by atoms with Crippen molar-refractivity contribution in [3.8, 4) is 0 Å². The van der Waals surface area contributed by atoms with Crippen LogP contribution in [0.25, 0.3) is 10.9 Å². The number of rotatable bonds is 0. The van der Waals surface area contributed by atoms with E-state index in [-0.39, 0.29) is 24.0 Å². The molecule has 1 heterocycles. The molecule has 2 aromatic rings. The van der Waals surface area contributed by atoms with Crippen LogP contribution in [0.4, 0.5) is 0 Å². The van der Waals surface area contributed by atoms with Crippen LogP contribution in [0, 0.1) is 20.8 Å². The Hall–Kier alpha value is -0.510. The van der Waals surface area contributed by atoms with Gasteiger partial charge in [0.2, 0.25) is 0 Å². The first-order valence-electron chi connectivity index (χ1n) is 4.24. The van der Waals surface area contributed by atoms with Crippen molar-refractivity contribution >= 4 is 34.9 Å². The summed E-state index contributed by atoms with van der Waals surface area (Å²) >= 11 is 0. The van der Waals surface area contributed by atoms with Gasteiger partial charge in [-0.15, -0.1) is 24.0 Å². The molecule has 0 aliphatic rings. The third-order valence-electron chi connectivity index (χ3n) is 2.53. The van der Waals surface area contributed by atoms with Crippen molar-refractivity contribution in [3.63, 3.8) is 0 Å². The number of halogens is 1. The standard InChI is InChI=1S/C11H13N.HI/c1-7-5-4-6-10-11(7)8(2)9(3)12-10;/h4-6,12H,1-3H3;1H. The molecule has 13 heavy (non-hydrogen) atoms. The second-order valence-electron chi connectivity index (χ2n) is 3.37. The number of hydrogen-bond acceptors (Lipinski definition) is 0. The van der Waals surface area contributed by atoms with Gasteiger partial charge in [0, 0.05) is 16.6 Å². The predicted molar refractivity (Wildman–Crippen MR) is 67.9 cm³/mol. The van der Waals surface area contributed by atoms with Gasteiger partial charge in [0.25, 0.3) is 0 Å². The average Bonchev–Trinajstić information content (AvgIpc) is 2.29. The second-order valence-corrected chi connectivity index (χ2v) is 3.37. The van der Waals surface area contributed by atoms with E-state index in [4.69, 9.17) is 0 Å². The van der Waals surface area contributed by atoms with E-state index in [1.54, 1.807) is 0 Å². The molecule has 0 unspecified atom stereocenters. The van der Waals surface area contributed by atoms with E-state index in [0.29, 0.717) is 0 Å². The Kier molecular flexibility index (Phi) is 3.01. The minimum absolute atomic E-state index is 0. The first-order chi connectivity index (χ1) is 5.70. The van der Waals surface area contributed by atoms with Gasteiger partial charge in [0.15, 0.2) is 0 Å². The Balaban J connectivity index is 0.000000845. The normalized spacial score (nSPS) is 10.1. The molecule has 1 nitrogen and oxygen atoms in total. The Labute approximate surface area is 95.6 Å². The predicted octanol–water partition coefficient (Wildman–Crippen LogP) is 3.71. The van der Waals surface area contributed by atoms with E-state index in [0.717, 1.165) is 0 Å². The molecule has 0 bridgehead atoms. The summed E-state index contributed by atoms with van der Waals surface area (Å²) in [5, 5.41) is 1.38. The first-order valence-corrected chi connectivity index (χ1v) is 4.24. The van der Waals surface area contributed by atoms with Gasteiger partial charge in [-0.2, -0.15) is 0 Å². The Bertz CT molecular complexity index is 429.